The molecule has 0 bridgehead atoms. The van der Waals surface area contributed by atoms with Crippen molar-refractivity contribution in [1.29, 1.82) is 0 Å². The van der Waals surface area contributed by atoms with Crippen molar-refractivity contribution in [2.24, 2.45) is 0 Å². The molecule has 3 aromatic rings. The Balaban J connectivity index is 1.57. The van der Waals surface area contributed by atoms with E-state index in [9.17, 15) is 0 Å². The summed E-state index contributed by atoms with van der Waals surface area (Å²) in [6.45, 7) is 3.32. The number of aromatic nitrogens is 4. The second-order valence-corrected chi connectivity index (χ2v) is 7.57. The summed E-state index contributed by atoms with van der Waals surface area (Å²) in [4.78, 5) is 18.8. The molecule has 2 N–H and O–H groups in total. The van der Waals surface area contributed by atoms with E-state index < -0.39 is 0 Å². The van der Waals surface area contributed by atoms with Gasteiger partial charge in [0, 0.05) is 60.2 Å². The van der Waals surface area contributed by atoms with Crippen molar-refractivity contribution in [1.82, 2.24) is 25.3 Å². The maximum atomic E-state index is 4.55. The van der Waals surface area contributed by atoms with E-state index in [4.69, 9.17) is 0 Å². The van der Waals surface area contributed by atoms with E-state index in [-0.39, 0.29) is 5.54 Å². The Bertz CT molecular complexity index is 892. The van der Waals surface area contributed by atoms with Crippen LogP contribution in [0.25, 0.3) is 22.2 Å². The molecule has 2 aliphatic rings. The smallest absolute Gasteiger partial charge is 0.139 e. The molecule has 0 saturated carbocycles. The molecule has 0 aliphatic carbocycles. The highest BCUT2D eigenvalue weighted by Gasteiger charge is 2.36. The van der Waals surface area contributed by atoms with Gasteiger partial charge in [0.2, 0.25) is 0 Å². The third-order valence-corrected chi connectivity index (χ3v) is 5.92. The van der Waals surface area contributed by atoms with Crippen molar-refractivity contribution in [2.75, 3.05) is 24.5 Å². The minimum absolute atomic E-state index is 0.276. The first kappa shape index (κ1) is 15.8. The van der Waals surface area contributed by atoms with Crippen LogP contribution in [0.1, 0.15) is 32.1 Å². The van der Waals surface area contributed by atoms with E-state index in [2.05, 4.69) is 36.2 Å². The van der Waals surface area contributed by atoms with Gasteiger partial charge in [0.15, 0.2) is 0 Å². The Morgan fingerprint density at radius 3 is 2.81 bits per heavy atom. The number of fused-ring (bicyclic) bond motifs is 1. The molecule has 0 aromatic carbocycles. The van der Waals surface area contributed by atoms with Crippen molar-refractivity contribution in [3.63, 3.8) is 0 Å². The molecule has 5 rings (SSSR count). The van der Waals surface area contributed by atoms with Gasteiger partial charge < -0.3 is 15.2 Å². The predicted molar refractivity (Wildman–Crippen MR) is 103 cm³/mol. The number of aromatic amines is 1. The maximum absolute atomic E-state index is 4.55. The summed E-state index contributed by atoms with van der Waals surface area (Å²) in [5.74, 6) is 0. The van der Waals surface area contributed by atoms with Gasteiger partial charge in [0.05, 0.1) is 5.39 Å². The summed E-state index contributed by atoms with van der Waals surface area (Å²) in [5.41, 5.74) is 4.62. The second-order valence-electron chi connectivity index (χ2n) is 7.57. The highest BCUT2D eigenvalue weighted by atomic mass is 15.2. The molecule has 2 saturated heterocycles. The normalized spacial score (nSPS) is 23.6. The molecule has 6 nitrogen and oxygen atoms in total. The first-order valence-electron chi connectivity index (χ1n) is 9.56. The number of rotatable bonds is 2. The molecule has 1 atom stereocenters. The zero-order valence-electron chi connectivity index (χ0n) is 14.9. The predicted octanol–water partition coefficient (Wildman–Crippen LogP) is 3.13. The largest absolute Gasteiger partial charge is 0.369 e. The van der Waals surface area contributed by atoms with Gasteiger partial charge in [-0.05, 0) is 38.3 Å². The Kier molecular flexibility index (Phi) is 3.85. The molecule has 6 heteroatoms. The SMILES string of the molecule is c1ncc(-c2c[nH]c3nccc(N4CCCC5(CCCCN5)C4)c23)cn1. The minimum atomic E-state index is 0.276. The number of anilines is 1. The van der Waals surface area contributed by atoms with Crippen LogP contribution in [0.15, 0.2) is 37.2 Å². The van der Waals surface area contributed by atoms with Crippen molar-refractivity contribution >= 4 is 16.7 Å². The van der Waals surface area contributed by atoms with Crippen LogP contribution in [-0.4, -0.2) is 45.1 Å². The van der Waals surface area contributed by atoms with Gasteiger partial charge >= 0.3 is 0 Å². The number of hydrogen-bond donors (Lipinski definition) is 2. The Labute approximate surface area is 153 Å². The van der Waals surface area contributed by atoms with E-state index in [1.54, 1.807) is 6.33 Å². The van der Waals surface area contributed by atoms with Crippen LogP contribution in [0, 0.1) is 0 Å². The van der Waals surface area contributed by atoms with Gasteiger partial charge in [-0.3, -0.25) is 0 Å². The van der Waals surface area contributed by atoms with E-state index in [1.807, 2.05) is 24.8 Å². The van der Waals surface area contributed by atoms with Gasteiger partial charge in [-0.25, -0.2) is 15.0 Å². The molecule has 3 aromatic heterocycles. The molecular formula is C20H24N6. The molecule has 2 aliphatic heterocycles. The fourth-order valence-electron chi connectivity index (χ4n) is 4.68. The summed E-state index contributed by atoms with van der Waals surface area (Å²) in [6, 6.07) is 2.16. The van der Waals surface area contributed by atoms with Crippen LogP contribution >= 0.6 is 0 Å². The number of piperidine rings is 2. The number of hydrogen-bond acceptors (Lipinski definition) is 5. The van der Waals surface area contributed by atoms with Gasteiger partial charge in [-0.15, -0.1) is 0 Å². The van der Waals surface area contributed by atoms with Crippen LogP contribution in [-0.2, 0) is 0 Å². The Morgan fingerprint density at radius 2 is 1.96 bits per heavy atom. The molecule has 0 amide bonds. The molecule has 134 valence electrons. The lowest BCUT2D eigenvalue weighted by atomic mass is 9.81. The second kappa shape index (κ2) is 6.36. The van der Waals surface area contributed by atoms with Crippen LogP contribution in [0.3, 0.4) is 0 Å². The highest BCUT2D eigenvalue weighted by molar-refractivity contribution is 6.02. The molecule has 2 fully saturated rings. The number of nitrogens with one attached hydrogen (secondary N) is 2. The van der Waals surface area contributed by atoms with Crippen molar-refractivity contribution in [3.05, 3.63) is 37.2 Å². The molecule has 1 unspecified atom stereocenters. The first-order valence-corrected chi connectivity index (χ1v) is 9.56. The topological polar surface area (TPSA) is 69.7 Å². The zero-order valence-corrected chi connectivity index (χ0v) is 14.9. The monoisotopic (exact) mass is 348 g/mol. The van der Waals surface area contributed by atoms with E-state index >= 15 is 0 Å². The fraction of sp³-hybridized carbons (Fsp3) is 0.450. The van der Waals surface area contributed by atoms with E-state index in [0.717, 1.165) is 36.4 Å². The number of H-pyrrole nitrogens is 1. The van der Waals surface area contributed by atoms with E-state index in [1.165, 1.54) is 43.2 Å². The van der Waals surface area contributed by atoms with Crippen LogP contribution < -0.4 is 10.2 Å². The first-order chi connectivity index (χ1) is 12.8. The fourth-order valence-corrected chi connectivity index (χ4v) is 4.68. The quantitative estimate of drug-likeness (QED) is 0.745. The Hall–Kier alpha value is -2.47. The lowest BCUT2D eigenvalue weighted by molar-refractivity contribution is 0.216. The maximum Gasteiger partial charge on any atom is 0.139 e. The third kappa shape index (κ3) is 2.65. The number of pyridine rings is 1. The Morgan fingerprint density at radius 1 is 1.08 bits per heavy atom. The molecular weight excluding hydrogens is 324 g/mol. The standard InChI is InChI=1S/C20H24N6/c1-2-7-25-20(5-1)6-3-9-26(13-20)17-4-8-23-19-18(17)16(12-24-19)15-10-21-14-22-11-15/h4,8,10-12,14,25H,1-3,5-7,9,13H2,(H,23,24). The van der Waals surface area contributed by atoms with Crippen molar-refractivity contribution in [3.8, 4) is 11.1 Å². The van der Waals surface area contributed by atoms with Crippen LogP contribution in [0.4, 0.5) is 5.69 Å². The highest BCUT2D eigenvalue weighted by Crippen LogP contribution is 2.38. The summed E-state index contributed by atoms with van der Waals surface area (Å²) < 4.78 is 0. The molecule has 1 spiro atoms. The number of nitrogens with zero attached hydrogens (tertiary/aromatic N) is 4. The third-order valence-electron chi connectivity index (χ3n) is 5.92. The van der Waals surface area contributed by atoms with Gasteiger partial charge in [0.1, 0.15) is 12.0 Å². The lowest BCUT2D eigenvalue weighted by Crippen LogP contribution is -2.59. The summed E-state index contributed by atoms with van der Waals surface area (Å²) in [7, 11) is 0. The molecule has 26 heavy (non-hydrogen) atoms. The van der Waals surface area contributed by atoms with Gasteiger partial charge in [0.25, 0.3) is 0 Å². The van der Waals surface area contributed by atoms with Crippen molar-refractivity contribution in [2.45, 2.75) is 37.6 Å². The van der Waals surface area contributed by atoms with Gasteiger partial charge in [-0.1, -0.05) is 6.42 Å². The average molecular weight is 348 g/mol. The lowest BCUT2D eigenvalue weighted by Gasteiger charge is -2.47. The van der Waals surface area contributed by atoms with Gasteiger partial charge in [-0.2, -0.15) is 0 Å². The zero-order chi connectivity index (χ0) is 17.4. The van der Waals surface area contributed by atoms with Crippen LogP contribution in [0.5, 0.6) is 0 Å². The van der Waals surface area contributed by atoms with Crippen LogP contribution in [0.2, 0.25) is 0 Å². The summed E-state index contributed by atoms with van der Waals surface area (Å²) in [5, 5.41) is 5.01. The average Bonchev–Trinajstić information content (AvgIpc) is 3.14. The minimum Gasteiger partial charge on any atom is -0.369 e. The van der Waals surface area contributed by atoms with E-state index in [0.29, 0.717) is 0 Å². The molecule has 0 radical (unpaired) electrons. The summed E-state index contributed by atoms with van der Waals surface area (Å²) >= 11 is 0. The molecule has 5 heterocycles. The summed E-state index contributed by atoms with van der Waals surface area (Å²) in [6.07, 6.45) is 15.7. The van der Waals surface area contributed by atoms with Crippen molar-refractivity contribution < 1.29 is 0 Å².